The second-order valence-electron chi connectivity index (χ2n) is 6.59. The fourth-order valence-electron chi connectivity index (χ4n) is 2.71. The molecule has 0 spiro atoms. The number of aryl methyl sites for hydroxylation is 1. The van der Waals surface area contributed by atoms with E-state index in [-0.39, 0.29) is 21.3 Å². The van der Waals surface area contributed by atoms with Gasteiger partial charge in [-0.25, -0.2) is 18.2 Å². The molecule has 2 aromatic rings. The number of nitrogens with zero attached hydrogens (tertiary/aromatic N) is 2. The van der Waals surface area contributed by atoms with Crippen molar-refractivity contribution in [2.45, 2.75) is 38.7 Å². The molecule has 1 atom stereocenters. The third kappa shape index (κ3) is 5.94. The van der Waals surface area contributed by atoms with E-state index in [4.69, 9.17) is 27.9 Å². The van der Waals surface area contributed by atoms with Gasteiger partial charge in [0.05, 0.1) is 20.5 Å². The summed E-state index contributed by atoms with van der Waals surface area (Å²) in [7, 11) is -3.77. The van der Waals surface area contributed by atoms with Gasteiger partial charge in [-0.15, -0.1) is 0 Å². The van der Waals surface area contributed by atoms with Gasteiger partial charge in [0, 0.05) is 19.3 Å². The lowest BCUT2D eigenvalue weighted by Gasteiger charge is -2.20. The Bertz CT molecular complexity index is 1090. The zero-order chi connectivity index (χ0) is 23.3. The summed E-state index contributed by atoms with van der Waals surface area (Å²) in [6.45, 7) is 7.08. The molecule has 0 saturated carbocycles. The van der Waals surface area contributed by atoms with Gasteiger partial charge in [0.2, 0.25) is 10.0 Å². The number of nitrogens with one attached hydrogen (secondary N) is 1. The molecule has 0 aliphatic heterocycles. The molecule has 11 heteroatoms. The van der Waals surface area contributed by atoms with E-state index >= 15 is 0 Å². The molecule has 31 heavy (non-hydrogen) atoms. The first-order valence-electron chi connectivity index (χ1n) is 9.44. The highest BCUT2D eigenvalue weighted by Crippen LogP contribution is 2.24. The third-order valence-corrected chi connectivity index (χ3v) is 7.14. The first kappa shape index (κ1) is 25.1. The largest absolute Gasteiger partial charge is 0.449 e. The Labute approximate surface area is 191 Å². The van der Waals surface area contributed by atoms with E-state index in [0.29, 0.717) is 23.7 Å². The molecule has 1 aromatic carbocycles. The number of halogens is 2. The summed E-state index contributed by atoms with van der Waals surface area (Å²) >= 11 is 11.7. The van der Waals surface area contributed by atoms with E-state index in [1.54, 1.807) is 20.8 Å². The van der Waals surface area contributed by atoms with Crippen molar-refractivity contribution in [1.29, 1.82) is 0 Å². The molecule has 0 aliphatic rings. The molecule has 1 amide bonds. The maximum atomic E-state index is 12.9. The Morgan fingerprint density at radius 3 is 2.42 bits per heavy atom. The van der Waals surface area contributed by atoms with Crippen LogP contribution >= 0.6 is 23.2 Å². The number of rotatable bonds is 8. The predicted molar refractivity (Wildman–Crippen MR) is 119 cm³/mol. The SMILES string of the molecule is CCN(CC)S(=O)(=O)c1cc(C(=O)O[C@@H](C)C(=O)Nc2ncc(Cl)cc2Cl)ccc1C. The molecule has 1 aromatic heterocycles. The topological polar surface area (TPSA) is 106 Å². The lowest BCUT2D eigenvalue weighted by molar-refractivity contribution is -0.123. The molecule has 168 valence electrons. The zero-order valence-electron chi connectivity index (χ0n) is 17.5. The molecule has 0 unspecified atom stereocenters. The average Bonchev–Trinajstić information content (AvgIpc) is 2.70. The number of esters is 1. The Kier molecular flexibility index (Phi) is 8.41. The Balaban J connectivity index is 2.19. The zero-order valence-corrected chi connectivity index (χ0v) is 19.8. The number of hydrogen-bond donors (Lipinski definition) is 1. The number of aromatic nitrogens is 1. The van der Waals surface area contributed by atoms with Gasteiger partial charge in [0.1, 0.15) is 0 Å². The van der Waals surface area contributed by atoms with Gasteiger partial charge >= 0.3 is 5.97 Å². The highest BCUT2D eigenvalue weighted by molar-refractivity contribution is 7.89. The van der Waals surface area contributed by atoms with Crippen molar-refractivity contribution in [1.82, 2.24) is 9.29 Å². The van der Waals surface area contributed by atoms with Crippen molar-refractivity contribution in [3.8, 4) is 0 Å². The fourth-order valence-corrected chi connectivity index (χ4v) is 4.85. The molecular weight excluding hydrogens is 465 g/mol. The molecule has 8 nitrogen and oxygen atoms in total. The van der Waals surface area contributed by atoms with Crippen LogP contribution in [0.1, 0.15) is 36.7 Å². The van der Waals surface area contributed by atoms with Crippen molar-refractivity contribution in [3.63, 3.8) is 0 Å². The second-order valence-corrected chi connectivity index (χ2v) is 9.34. The van der Waals surface area contributed by atoms with Crippen LogP contribution in [0.15, 0.2) is 35.4 Å². The number of anilines is 1. The quantitative estimate of drug-likeness (QED) is 0.565. The summed E-state index contributed by atoms with van der Waals surface area (Å²) in [6.07, 6.45) is 0.120. The molecule has 2 rings (SSSR count). The van der Waals surface area contributed by atoms with Crippen LogP contribution < -0.4 is 5.32 Å². The summed E-state index contributed by atoms with van der Waals surface area (Å²) in [5, 5.41) is 2.88. The molecule has 0 saturated heterocycles. The van der Waals surface area contributed by atoms with Gasteiger partial charge < -0.3 is 10.1 Å². The van der Waals surface area contributed by atoms with Crippen LogP contribution in [0.25, 0.3) is 0 Å². The summed E-state index contributed by atoms with van der Waals surface area (Å²) in [5.41, 5.74) is 0.510. The molecule has 1 N–H and O–H groups in total. The van der Waals surface area contributed by atoms with Crippen molar-refractivity contribution in [3.05, 3.63) is 51.6 Å². The van der Waals surface area contributed by atoms with Crippen molar-refractivity contribution >= 4 is 50.9 Å². The highest BCUT2D eigenvalue weighted by atomic mass is 35.5. The standard InChI is InChI=1S/C20H23Cl2N3O5S/c1-5-25(6-2)31(28,29)17-9-14(8-7-12(17)3)20(27)30-13(4)19(26)24-18-16(22)10-15(21)11-23-18/h7-11,13H,5-6H2,1-4H3,(H,23,24,26)/t13-/m0/s1. The number of carbonyl (C=O) groups is 2. The number of pyridine rings is 1. The van der Waals surface area contributed by atoms with Gasteiger partial charge in [-0.3, -0.25) is 4.79 Å². The van der Waals surface area contributed by atoms with E-state index < -0.39 is 28.0 Å². The van der Waals surface area contributed by atoms with Crippen molar-refractivity contribution in [2.24, 2.45) is 0 Å². The monoisotopic (exact) mass is 487 g/mol. The normalized spacial score (nSPS) is 12.5. The van der Waals surface area contributed by atoms with Gasteiger partial charge in [-0.1, -0.05) is 43.1 Å². The van der Waals surface area contributed by atoms with Crippen LogP contribution in [0, 0.1) is 6.92 Å². The molecule has 0 radical (unpaired) electrons. The van der Waals surface area contributed by atoms with E-state index in [0.717, 1.165) is 0 Å². The molecule has 0 fully saturated rings. The Morgan fingerprint density at radius 2 is 1.84 bits per heavy atom. The van der Waals surface area contributed by atoms with Crippen molar-refractivity contribution in [2.75, 3.05) is 18.4 Å². The first-order valence-corrected chi connectivity index (χ1v) is 11.6. The van der Waals surface area contributed by atoms with E-state index in [1.165, 1.54) is 41.7 Å². The van der Waals surface area contributed by atoms with Gasteiger partial charge in [0.25, 0.3) is 5.91 Å². The van der Waals surface area contributed by atoms with E-state index in [1.807, 2.05) is 0 Å². The van der Waals surface area contributed by atoms with Gasteiger partial charge in [0.15, 0.2) is 11.9 Å². The number of ether oxygens (including phenoxy) is 1. The first-order chi connectivity index (χ1) is 14.5. The van der Waals surface area contributed by atoms with Crippen molar-refractivity contribution < 1.29 is 22.7 Å². The number of sulfonamides is 1. The summed E-state index contributed by atoms with van der Waals surface area (Å²) < 4.78 is 32.2. The minimum absolute atomic E-state index is 0.0126. The molecular formula is C20H23Cl2N3O5S. The Morgan fingerprint density at radius 1 is 1.19 bits per heavy atom. The molecule has 1 heterocycles. The molecule has 0 aliphatic carbocycles. The second kappa shape index (κ2) is 10.4. The van der Waals surface area contributed by atoms with E-state index in [2.05, 4.69) is 10.3 Å². The predicted octanol–water partition coefficient (Wildman–Crippen LogP) is 3.91. The summed E-state index contributed by atoms with van der Waals surface area (Å²) in [5.74, 6) is -1.43. The number of carbonyl (C=O) groups excluding carboxylic acids is 2. The van der Waals surface area contributed by atoms with Crippen LogP contribution in [0.2, 0.25) is 10.0 Å². The van der Waals surface area contributed by atoms with Gasteiger partial charge in [-0.2, -0.15) is 4.31 Å². The fraction of sp³-hybridized carbons (Fsp3) is 0.350. The third-order valence-electron chi connectivity index (χ3n) is 4.45. The van der Waals surface area contributed by atoms with Crippen LogP contribution in [-0.2, 0) is 19.6 Å². The van der Waals surface area contributed by atoms with Gasteiger partial charge in [-0.05, 0) is 37.6 Å². The van der Waals surface area contributed by atoms with Crippen LogP contribution in [0.4, 0.5) is 5.82 Å². The van der Waals surface area contributed by atoms with Crippen LogP contribution in [-0.4, -0.2) is 48.8 Å². The minimum atomic E-state index is -3.77. The number of benzene rings is 1. The summed E-state index contributed by atoms with van der Waals surface area (Å²) in [4.78, 5) is 28.8. The summed E-state index contributed by atoms with van der Waals surface area (Å²) in [6, 6.07) is 5.64. The number of hydrogen-bond acceptors (Lipinski definition) is 6. The highest BCUT2D eigenvalue weighted by Gasteiger charge is 2.26. The Hall–Kier alpha value is -2.20. The lowest BCUT2D eigenvalue weighted by Crippen LogP contribution is -2.32. The van der Waals surface area contributed by atoms with Crippen LogP contribution in [0.3, 0.4) is 0 Å². The molecule has 0 bridgehead atoms. The van der Waals surface area contributed by atoms with Crippen LogP contribution in [0.5, 0.6) is 0 Å². The lowest BCUT2D eigenvalue weighted by atomic mass is 10.1. The number of amides is 1. The average molecular weight is 488 g/mol. The maximum absolute atomic E-state index is 12.9. The van der Waals surface area contributed by atoms with E-state index in [9.17, 15) is 18.0 Å². The minimum Gasteiger partial charge on any atom is -0.449 e. The maximum Gasteiger partial charge on any atom is 0.338 e. The smallest absolute Gasteiger partial charge is 0.338 e.